The van der Waals surface area contributed by atoms with E-state index in [9.17, 15) is 0 Å². The first-order valence-electron chi connectivity index (χ1n) is 8.12. The second kappa shape index (κ2) is 4.71. The molecule has 2 aromatic heterocycles. The molecule has 1 aliphatic rings. The van der Waals surface area contributed by atoms with Crippen LogP contribution < -0.4 is 11.5 Å². The van der Waals surface area contributed by atoms with Gasteiger partial charge in [0, 0.05) is 28.9 Å². The lowest BCUT2D eigenvalue weighted by Gasteiger charge is -2.08. The molecule has 0 bridgehead atoms. The first kappa shape index (κ1) is 13.4. The molecule has 4 aromatic rings. The van der Waals surface area contributed by atoms with Crippen LogP contribution in [0.2, 0.25) is 0 Å². The summed E-state index contributed by atoms with van der Waals surface area (Å²) >= 11 is 0. The van der Waals surface area contributed by atoms with Crippen molar-refractivity contribution in [3.8, 4) is 11.1 Å². The van der Waals surface area contributed by atoms with Gasteiger partial charge in [-0.25, -0.2) is 9.97 Å². The molecular formula is C19H17N5. The largest absolute Gasteiger partial charge is 0.398 e. The number of rotatable bonds is 2. The van der Waals surface area contributed by atoms with E-state index in [4.69, 9.17) is 11.5 Å². The molecule has 5 nitrogen and oxygen atoms in total. The van der Waals surface area contributed by atoms with Crippen molar-refractivity contribution in [2.24, 2.45) is 0 Å². The van der Waals surface area contributed by atoms with Gasteiger partial charge < -0.3 is 16.0 Å². The average Bonchev–Trinajstić information content (AvgIpc) is 3.37. The van der Waals surface area contributed by atoms with Gasteiger partial charge in [0.25, 0.3) is 0 Å². The van der Waals surface area contributed by atoms with E-state index in [1.807, 2.05) is 24.3 Å². The third-order valence-electron chi connectivity index (χ3n) is 4.83. The van der Waals surface area contributed by atoms with Gasteiger partial charge in [-0.05, 0) is 29.9 Å². The monoisotopic (exact) mass is 315 g/mol. The number of fused-ring (bicyclic) bond motifs is 2. The topological polar surface area (TPSA) is 82.8 Å². The number of hydrogen-bond acceptors (Lipinski definition) is 4. The van der Waals surface area contributed by atoms with Gasteiger partial charge in [0.2, 0.25) is 0 Å². The normalized spacial score (nSPS) is 14.5. The molecule has 0 atom stereocenters. The molecule has 2 aromatic carbocycles. The first-order valence-corrected chi connectivity index (χ1v) is 8.12. The van der Waals surface area contributed by atoms with E-state index >= 15 is 0 Å². The van der Waals surface area contributed by atoms with Gasteiger partial charge in [-0.15, -0.1) is 0 Å². The molecule has 0 saturated heterocycles. The molecule has 118 valence electrons. The van der Waals surface area contributed by atoms with Crippen LogP contribution >= 0.6 is 0 Å². The summed E-state index contributed by atoms with van der Waals surface area (Å²) in [6, 6.07) is 12.7. The van der Waals surface area contributed by atoms with E-state index in [2.05, 4.69) is 32.9 Å². The molecule has 1 aliphatic carbocycles. The molecule has 2 heterocycles. The van der Waals surface area contributed by atoms with Gasteiger partial charge in [-0.1, -0.05) is 30.3 Å². The van der Waals surface area contributed by atoms with Crippen molar-refractivity contribution in [1.29, 1.82) is 0 Å². The minimum atomic E-state index is 0.523. The van der Waals surface area contributed by atoms with Gasteiger partial charge in [0.15, 0.2) is 0 Å². The number of hydrogen-bond donors (Lipinski definition) is 2. The Morgan fingerprint density at radius 2 is 1.71 bits per heavy atom. The number of aromatic nitrogens is 3. The third-order valence-corrected chi connectivity index (χ3v) is 4.83. The highest BCUT2D eigenvalue weighted by atomic mass is 15.1. The SMILES string of the molecule is Nc1ccc(-c2cn(C3CC3)c3ncnc(N)c23)c2ccccc12. The van der Waals surface area contributed by atoms with E-state index in [-0.39, 0.29) is 0 Å². The Hall–Kier alpha value is -3.08. The fourth-order valence-electron chi connectivity index (χ4n) is 3.50. The van der Waals surface area contributed by atoms with Crippen LogP contribution in [0, 0.1) is 0 Å². The lowest BCUT2D eigenvalue weighted by Crippen LogP contribution is -1.96. The standard InChI is InChI=1S/C19H17N5/c20-16-8-7-13(12-3-1-2-4-14(12)16)15-9-24(11-5-6-11)19-17(15)18(21)22-10-23-19/h1-4,7-11H,5-6,20H2,(H2,21,22,23). The Labute approximate surface area is 138 Å². The Kier molecular flexibility index (Phi) is 2.62. The van der Waals surface area contributed by atoms with Crippen molar-refractivity contribution >= 4 is 33.3 Å². The van der Waals surface area contributed by atoms with E-state index < -0.39 is 0 Å². The summed E-state index contributed by atoms with van der Waals surface area (Å²) in [5, 5.41) is 3.10. The van der Waals surface area contributed by atoms with Crippen LogP contribution in [0.25, 0.3) is 32.9 Å². The molecule has 0 radical (unpaired) electrons. The van der Waals surface area contributed by atoms with Gasteiger partial charge >= 0.3 is 0 Å². The maximum Gasteiger partial charge on any atom is 0.146 e. The Morgan fingerprint density at radius 3 is 2.50 bits per heavy atom. The first-order chi connectivity index (χ1) is 11.7. The lowest BCUT2D eigenvalue weighted by atomic mass is 9.97. The van der Waals surface area contributed by atoms with E-state index in [0.29, 0.717) is 11.9 Å². The van der Waals surface area contributed by atoms with Gasteiger partial charge in [0.1, 0.15) is 17.8 Å². The van der Waals surface area contributed by atoms with Crippen molar-refractivity contribution < 1.29 is 0 Å². The molecule has 24 heavy (non-hydrogen) atoms. The summed E-state index contributed by atoms with van der Waals surface area (Å²) in [6.45, 7) is 0. The Balaban J connectivity index is 1.89. The summed E-state index contributed by atoms with van der Waals surface area (Å²) in [6.07, 6.45) is 6.10. The van der Waals surface area contributed by atoms with Gasteiger partial charge in [-0.2, -0.15) is 0 Å². The van der Waals surface area contributed by atoms with Crippen LogP contribution in [0.1, 0.15) is 18.9 Å². The zero-order valence-corrected chi connectivity index (χ0v) is 13.1. The highest BCUT2D eigenvalue weighted by Crippen LogP contribution is 2.43. The molecule has 5 rings (SSSR count). The zero-order valence-electron chi connectivity index (χ0n) is 13.1. The maximum absolute atomic E-state index is 6.21. The van der Waals surface area contributed by atoms with Gasteiger partial charge in [-0.3, -0.25) is 0 Å². The van der Waals surface area contributed by atoms with Crippen LogP contribution in [0.15, 0.2) is 48.9 Å². The van der Waals surface area contributed by atoms with Gasteiger partial charge in [0.05, 0.1) is 5.39 Å². The lowest BCUT2D eigenvalue weighted by molar-refractivity contribution is 0.766. The van der Waals surface area contributed by atoms with Crippen molar-refractivity contribution in [3.05, 3.63) is 48.9 Å². The Bertz CT molecular complexity index is 1090. The zero-order chi connectivity index (χ0) is 16.3. The van der Waals surface area contributed by atoms with Crippen LogP contribution in [0.3, 0.4) is 0 Å². The van der Waals surface area contributed by atoms with Crippen molar-refractivity contribution in [2.45, 2.75) is 18.9 Å². The number of anilines is 2. The summed E-state index contributed by atoms with van der Waals surface area (Å²) in [7, 11) is 0. The molecule has 1 fully saturated rings. The minimum Gasteiger partial charge on any atom is -0.398 e. The second-order valence-electron chi connectivity index (χ2n) is 6.39. The molecule has 4 N–H and O–H groups in total. The highest BCUT2D eigenvalue weighted by molar-refractivity contribution is 6.10. The van der Waals surface area contributed by atoms with E-state index in [0.717, 1.165) is 38.6 Å². The van der Waals surface area contributed by atoms with Crippen LogP contribution in [-0.2, 0) is 0 Å². The molecule has 0 unspecified atom stereocenters. The smallest absolute Gasteiger partial charge is 0.146 e. The fraction of sp³-hybridized carbons (Fsp3) is 0.158. The summed E-state index contributed by atoms with van der Waals surface area (Å²) in [4.78, 5) is 8.71. The molecule has 5 heteroatoms. The van der Waals surface area contributed by atoms with Crippen LogP contribution in [0.5, 0.6) is 0 Å². The predicted octanol–water partition coefficient (Wildman–Crippen LogP) is 3.75. The molecule has 0 aliphatic heterocycles. The van der Waals surface area contributed by atoms with Crippen molar-refractivity contribution in [2.75, 3.05) is 11.5 Å². The summed E-state index contributed by atoms with van der Waals surface area (Å²) < 4.78 is 2.24. The van der Waals surface area contributed by atoms with Crippen LogP contribution in [0.4, 0.5) is 11.5 Å². The minimum absolute atomic E-state index is 0.523. The van der Waals surface area contributed by atoms with Crippen LogP contribution in [-0.4, -0.2) is 14.5 Å². The molecular weight excluding hydrogens is 298 g/mol. The number of nitrogens with zero attached hydrogens (tertiary/aromatic N) is 3. The second-order valence-corrected chi connectivity index (χ2v) is 6.39. The third kappa shape index (κ3) is 1.81. The average molecular weight is 315 g/mol. The number of nitrogen functional groups attached to an aromatic ring is 2. The van der Waals surface area contributed by atoms with Crippen molar-refractivity contribution in [1.82, 2.24) is 14.5 Å². The summed E-state index contributed by atoms with van der Waals surface area (Å²) in [5.41, 5.74) is 16.3. The fourth-order valence-corrected chi connectivity index (χ4v) is 3.50. The predicted molar refractivity (Wildman–Crippen MR) is 97.6 cm³/mol. The Morgan fingerprint density at radius 1 is 0.917 bits per heavy atom. The number of benzene rings is 2. The molecule has 0 spiro atoms. The highest BCUT2D eigenvalue weighted by Gasteiger charge is 2.28. The molecule has 1 saturated carbocycles. The quantitative estimate of drug-likeness (QED) is 0.552. The molecule has 0 amide bonds. The number of nitrogens with two attached hydrogens (primary N) is 2. The van der Waals surface area contributed by atoms with E-state index in [1.54, 1.807) is 6.33 Å². The maximum atomic E-state index is 6.21. The van der Waals surface area contributed by atoms with E-state index in [1.165, 1.54) is 12.8 Å². The van der Waals surface area contributed by atoms with Crippen molar-refractivity contribution in [3.63, 3.8) is 0 Å². The summed E-state index contributed by atoms with van der Waals surface area (Å²) in [5.74, 6) is 0.523.